The summed E-state index contributed by atoms with van der Waals surface area (Å²) in [6, 6.07) is 6.57. The van der Waals surface area contributed by atoms with Crippen molar-refractivity contribution in [3.05, 3.63) is 45.8 Å². The van der Waals surface area contributed by atoms with Crippen molar-refractivity contribution in [2.45, 2.75) is 6.92 Å². The van der Waals surface area contributed by atoms with Crippen molar-refractivity contribution in [1.82, 2.24) is 9.97 Å². The molecule has 0 atom stereocenters. The number of anilines is 1. The van der Waals surface area contributed by atoms with E-state index in [1.54, 1.807) is 24.3 Å². The normalized spacial score (nSPS) is 10.2. The number of hydrogen-bond acceptors (Lipinski definition) is 4. The number of ether oxygens (including phenoxy) is 1. The van der Waals surface area contributed by atoms with Gasteiger partial charge in [-0.3, -0.25) is 4.79 Å². The van der Waals surface area contributed by atoms with Crippen LogP contribution in [-0.4, -0.2) is 22.5 Å². The highest BCUT2D eigenvalue weighted by Crippen LogP contribution is 2.28. The number of halogens is 2. The molecule has 0 bridgehead atoms. The van der Waals surface area contributed by atoms with Crippen LogP contribution in [0.1, 0.15) is 17.4 Å². The van der Waals surface area contributed by atoms with Crippen LogP contribution in [0.4, 0.5) is 5.69 Å². The molecule has 7 heteroatoms. The van der Waals surface area contributed by atoms with Gasteiger partial charge >= 0.3 is 0 Å². The van der Waals surface area contributed by atoms with E-state index in [2.05, 4.69) is 31.2 Å². The van der Waals surface area contributed by atoms with Crippen LogP contribution in [-0.2, 0) is 0 Å². The first kappa shape index (κ1) is 14.7. The van der Waals surface area contributed by atoms with Gasteiger partial charge in [0.1, 0.15) is 10.3 Å². The van der Waals surface area contributed by atoms with E-state index in [9.17, 15) is 4.79 Å². The highest BCUT2D eigenvalue weighted by atomic mass is 79.9. The minimum absolute atomic E-state index is 0.239. The fourth-order valence-electron chi connectivity index (χ4n) is 1.47. The van der Waals surface area contributed by atoms with Gasteiger partial charge in [-0.2, -0.15) is 0 Å². The molecular formula is C13H11BrClN3O2. The van der Waals surface area contributed by atoms with Crippen LogP contribution in [0.2, 0.25) is 5.02 Å². The SMILES string of the molecule is CCOc1cccc(C(=O)Nc2c(Cl)ccnc2Br)n1. The number of pyridine rings is 2. The molecule has 2 aromatic heterocycles. The third kappa shape index (κ3) is 3.46. The monoisotopic (exact) mass is 355 g/mol. The Labute approximate surface area is 129 Å². The lowest BCUT2D eigenvalue weighted by Gasteiger charge is -2.09. The minimum atomic E-state index is -0.387. The van der Waals surface area contributed by atoms with Crippen LogP contribution in [0.25, 0.3) is 0 Å². The van der Waals surface area contributed by atoms with E-state index in [1.807, 2.05) is 6.92 Å². The molecule has 0 spiro atoms. The Morgan fingerprint density at radius 1 is 1.45 bits per heavy atom. The van der Waals surface area contributed by atoms with Crippen LogP contribution >= 0.6 is 27.5 Å². The third-order valence-electron chi connectivity index (χ3n) is 2.34. The lowest BCUT2D eigenvalue weighted by atomic mass is 10.3. The van der Waals surface area contributed by atoms with Crippen molar-refractivity contribution in [2.24, 2.45) is 0 Å². The lowest BCUT2D eigenvalue weighted by Crippen LogP contribution is -2.15. The van der Waals surface area contributed by atoms with Crippen LogP contribution < -0.4 is 10.1 Å². The summed E-state index contributed by atoms with van der Waals surface area (Å²) in [6.07, 6.45) is 1.54. The minimum Gasteiger partial charge on any atom is -0.478 e. The van der Waals surface area contributed by atoms with Gasteiger partial charge in [0.25, 0.3) is 5.91 Å². The molecule has 2 rings (SSSR count). The number of aromatic nitrogens is 2. The second kappa shape index (κ2) is 6.67. The number of nitrogens with one attached hydrogen (secondary N) is 1. The predicted octanol–water partition coefficient (Wildman–Crippen LogP) is 3.54. The zero-order valence-corrected chi connectivity index (χ0v) is 12.9. The van der Waals surface area contributed by atoms with Crippen LogP contribution in [0.5, 0.6) is 5.88 Å². The van der Waals surface area contributed by atoms with Gasteiger partial charge in [0.05, 0.1) is 17.3 Å². The Balaban J connectivity index is 2.22. The van der Waals surface area contributed by atoms with E-state index < -0.39 is 0 Å². The molecular weight excluding hydrogens is 346 g/mol. The first-order valence-corrected chi connectivity index (χ1v) is 7.00. The predicted molar refractivity (Wildman–Crippen MR) is 80.3 cm³/mol. The average Bonchev–Trinajstić information content (AvgIpc) is 2.43. The molecule has 0 radical (unpaired) electrons. The van der Waals surface area contributed by atoms with Gasteiger partial charge in [0.2, 0.25) is 5.88 Å². The van der Waals surface area contributed by atoms with Crippen molar-refractivity contribution >= 4 is 39.1 Å². The molecule has 1 amide bonds. The molecule has 0 saturated carbocycles. The fourth-order valence-corrected chi connectivity index (χ4v) is 2.21. The Bertz CT molecular complexity index is 617. The molecule has 1 N–H and O–H groups in total. The molecule has 2 heterocycles. The molecule has 0 fully saturated rings. The molecule has 0 unspecified atom stereocenters. The number of rotatable bonds is 4. The molecule has 104 valence electrons. The number of carbonyl (C=O) groups excluding carboxylic acids is 1. The maximum atomic E-state index is 12.1. The van der Waals surface area contributed by atoms with E-state index in [4.69, 9.17) is 16.3 Å². The summed E-state index contributed by atoms with van der Waals surface area (Å²) in [5, 5.41) is 3.06. The van der Waals surface area contributed by atoms with Crippen molar-refractivity contribution < 1.29 is 9.53 Å². The molecule has 0 aromatic carbocycles. The van der Waals surface area contributed by atoms with Gasteiger partial charge in [0.15, 0.2) is 0 Å². The van der Waals surface area contributed by atoms with Crippen molar-refractivity contribution in [2.75, 3.05) is 11.9 Å². The van der Waals surface area contributed by atoms with Crippen molar-refractivity contribution in [3.8, 4) is 5.88 Å². The molecule has 0 saturated heterocycles. The Morgan fingerprint density at radius 2 is 2.25 bits per heavy atom. The summed E-state index contributed by atoms with van der Waals surface area (Å²) < 4.78 is 5.71. The van der Waals surface area contributed by atoms with Crippen molar-refractivity contribution in [3.63, 3.8) is 0 Å². The summed E-state index contributed by atoms with van der Waals surface area (Å²) in [5.41, 5.74) is 0.644. The highest BCUT2D eigenvalue weighted by molar-refractivity contribution is 9.10. The first-order chi connectivity index (χ1) is 9.61. The van der Waals surface area contributed by atoms with Crippen LogP contribution in [0.3, 0.4) is 0 Å². The molecule has 0 aliphatic carbocycles. The maximum absolute atomic E-state index is 12.1. The van der Waals surface area contributed by atoms with Crippen LogP contribution in [0.15, 0.2) is 35.1 Å². The number of amides is 1. The number of hydrogen-bond donors (Lipinski definition) is 1. The molecule has 20 heavy (non-hydrogen) atoms. The van der Waals surface area contributed by atoms with E-state index in [-0.39, 0.29) is 11.6 Å². The van der Waals surface area contributed by atoms with Gasteiger partial charge in [-0.05, 0) is 35.0 Å². The van der Waals surface area contributed by atoms with E-state index >= 15 is 0 Å². The standard InChI is InChI=1S/C13H11BrClN3O2/c1-2-20-10-5-3-4-9(17-10)13(19)18-11-8(15)6-7-16-12(11)14/h3-7H,2H2,1H3,(H,18,19). The van der Waals surface area contributed by atoms with Gasteiger partial charge in [-0.25, -0.2) is 9.97 Å². The zero-order chi connectivity index (χ0) is 14.5. The first-order valence-electron chi connectivity index (χ1n) is 5.83. The Kier molecular flexibility index (Phi) is 4.92. The quantitative estimate of drug-likeness (QED) is 0.851. The summed E-state index contributed by atoms with van der Waals surface area (Å²) in [4.78, 5) is 20.2. The largest absolute Gasteiger partial charge is 0.478 e. The topological polar surface area (TPSA) is 64.1 Å². The Morgan fingerprint density at radius 3 is 2.95 bits per heavy atom. The average molecular weight is 357 g/mol. The van der Waals surface area contributed by atoms with E-state index in [0.29, 0.717) is 27.8 Å². The molecule has 0 aliphatic heterocycles. The fraction of sp³-hybridized carbons (Fsp3) is 0.154. The van der Waals surface area contributed by atoms with E-state index in [1.165, 1.54) is 6.20 Å². The second-order valence-electron chi connectivity index (χ2n) is 3.71. The summed E-state index contributed by atoms with van der Waals surface area (Å²) in [5.74, 6) is 0.0126. The zero-order valence-electron chi connectivity index (χ0n) is 10.6. The number of carbonyl (C=O) groups is 1. The number of nitrogens with zero attached hydrogens (tertiary/aromatic N) is 2. The second-order valence-corrected chi connectivity index (χ2v) is 4.87. The summed E-state index contributed by atoms with van der Waals surface area (Å²) >= 11 is 9.24. The maximum Gasteiger partial charge on any atom is 0.274 e. The van der Waals surface area contributed by atoms with Crippen molar-refractivity contribution in [1.29, 1.82) is 0 Å². The third-order valence-corrected chi connectivity index (χ3v) is 3.26. The van der Waals surface area contributed by atoms with Gasteiger partial charge < -0.3 is 10.1 Å². The van der Waals surface area contributed by atoms with E-state index in [0.717, 1.165) is 0 Å². The van der Waals surface area contributed by atoms with Gasteiger partial charge in [0, 0.05) is 12.3 Å². The van der Waals surface area contributed by atoms with Gasteiger partial charge in [-0.15, -0.1) is 0 Å². The van der Waals surface area contributed by atoms with Gasteiger partial charge in [-0.1, -0.05) is 17.7 Å². The molecule has 0 aliphatic rings. The highest BCUT2D eigenvalue weighted by Gasteiger charge is 2.13. The van der Waals surface area contributed by atoms with Crippen LogP contribution in [0, 0.1) is 0 Å². The summed E-state index contributed by atoms with van der Waals surface area (Å²) in [7, 11) is 0. The lowest BCUT2D eigenvalue weighted by molar-refractivity contribution is 0.102. The Hall–Kier alpha value is -1.66. The molecule has 5 nitrogen and oxygen atoms in total. The summed E-state index contributed by atoms with van der Waals surface area (Å²) in [6.45, 7) is 2.33. The molecule has 2 aromatic rings. The smallest absolute Gasteiger partial charge is 0.274 e.